The Morgan fingerprint density at radius 2 is 2.09 bits per heavy atom. The summed E-state index contributed by atoms with van der Waals surface area (Å²) in [5, 5.41) is 8.38. The fourth-order valence-electron chi connectivity index (χ4n) is 3.71. The number of thiophene rings is 1. The van der Waals surface area contributed by atoms with Crippen LogP contribution in [0.15, 0.2) is 38.4 Å². The first-order valence-electron chi connectivity index (χ1n) is 10.00. The number of benzene rings is 1. The van der Waals surface area contributed by atoms with E-state index in [0.717, 1.165) is 11.3 Å². The van der Waals surface area contributed by atoms with Gasteiger partial charge in [0.05, 0.1) is 5.92 Å². The molecule has 0 spiro atoms. The van der Waals surface area contributed by atoms with E-state index in [-0.39, 0.29) is 23.5 Å². The Balaban J connectivity index is 1.28. The topological polar surface area (TPSA) is 124 Å². The normalized spacial score (nSPS) is 18.6. The number of piperidine rings is 1. The molecule has 0 aliphatic carbocycles. The van der Waals surface area contributed by atoms with Gasteiger partial charge in [-0.05, 0) is 31.0 Å². The Morgan fingerprint density at radius 1 is 1.25 bits per heavy atom. The van der Waals surface area contributed by atoms with Gasteiger partial charge in [-0.1, -0.05) is 5.16 Å². The van der Waals surface area contributed by atoms with Gasteiger partial charge < -0.3 is 19.3 Å². The van der Waals surface area contributed by atoms with Gasteiger partial charge in [-0.15, -0.1) is 11.3 Å². The van der Waals surface area contributed by atoms with E-state index in [0.29, 0.717) is 53.9 Å². The molecule has 2 aliphatic rings. The van der Waals surface area contributed by atoms with Crippen LogP contribution < -0.4 is 14.8 Å². The minimum Gasteiger partial charge on any atom is -0.454 e. The maximum absolute atomic E-state index is 13.2. The first-order chi connectivity index (χ1) is 15.4. The van der Waals surface area contributed by atoms with E-state index in [4.69, 9.17) is 14.0 Å². The molecule has 168 valence electrons. The van der Waals surface area contributed by atoms with Gasteiger partial charge in [0.2, 0.25) is 24.4 Å². The average molecular weight is 477 g/mol. The van der Waals surface area contributed by atoms with Crippen molar-refractivity contribution in [2.45, 2.75) is 24.0 Å². The van der Waals surface area contributed by atoms with Gasteiger partial charge in [0.15, 0.2) is 11.5 Å². The quantitative estimate of drug-likeness (QED) is 0.596. The summed E-state index contributed by atoms with van der Waals surface area (Å²) in [6, 6.07) is 6.70. The lowest BCUT2D eigenvalue weighted by Gasteiger charge is -2.30. The molecule has 10 nitrogen and oxygen atoms in total. The van der Waals surface area contributed by atoms with Gasteiger partial charge in [0.1, 0.15) is 4.21 Å². The molecule has 5 rings (SSSR count). The highest BCUT2D eigenvalue weighted by Crippen LogP contribution is 2.35. The maximum Gasteiger partial charge on any atom is 0.252 e. The molecular weight excluding hydrogens is 456 g/mol. The molecule has 32 heavy (non-hydrogen) atoms. The van der Waals surface area contributed by atoms with E-state index in [1.807, 2.05) is 0 Å². The molecule has 0 radical (unpaired) electrons. The Bertz CT molecular complexity index is 1270. The zero-order valence-corrected chi connectivity index (χ0v) is 18.7. The second-order valence-corrected chi connectivity index (χ2v) is 10.6. The minimum atomic E-state index is -3.74. The van der Waals surface area contributed by atoms with Crippen molar-refractivity contribution in [3.63, 3.8) is 0 Å². The third-order valence-corrected chi connectivity index (χ3v) is 8.63. The highest BCUT2D eigenvalue weighted by Gasteiger charge is 2.34. The molecule has 4 heterocycles. The van der Waals surface area contributed by atoms with E-state index in [9.17, 15) is 13.2 Å². The van der Waals surface area contributed by atoms with Crippen LogP contribution in [-0.4, -0.2) is 48.7 Å². The zero-order chi connectivity index (χ0) is 22.3. The largest absolute Gasteiger partial charge is 0.454 e. The van der Waals surface area contributed by atoms with Crippen molar-refractivity contribution in [2.24, 2.45) is 5.92 Å². The number of ether oxygens (including phenoxy) is 2. The summed E-state index contributed by atoms with van der Waals surface area (Å²) in [7, 11) is -3.74. The second kappa shape index (κ2) is 8.19. The number of carbonyl (C=O) groups excluding carboxylic acids is 1. The van der Waals surface area contributed by atoms with E-state index in [1.165, 1.54) is 4.31 Å². The molecule has 2 aliphatic heterocycles. The van der Waals surface area contributed by atoms with Crippen molar-refractivity contribution in [1.29, 1.82) is 0 Å². The van der Waals surface area contributed by atoms with Crippen molar-refractivity contribution in [1.82, 2.24) is 14.4 Å². The van der Waals surface area contributed by atoms with E-state index >= 15 is 0 Å². The summed E-state index contributed by atoms with van der Waals surface area (Å²) in [5.41, 5.74) is 1.16. The van der Waals surface area contributed by atoms with Crippen molar-refractivity contribution in [2.75, 3.05) is 25.2 Å². The zero-order valence-electron chi connectivity index (χ0n) is 17.1. The van der Waals surface area contributed by atoms with Gasteiger partial charge in [-0.25, -0.2) is 8.42 Å². The SMILES string of the molecule is Cc1nc(-c2csc(S(=O)(=O)N3CCC[C@@H](C(=O)Nc4ccc5c(c4)OCO5)C3)c2)no1. The molecule has 1 fully saturated rings. The summed E-state index contributed by atoms with van der Waals surface area (Å²) >= 11 is 1.10. The number of anilines is 1. The van der Waals surface area contributed by atoms with Crippen LogP contribution in [0.4, 0.5) is 5.69 Å². The first kappa shape index (κ1) is 20.9. The van der Waals surface area contributed by atoms with Crippen LogP contribution in [0.1, 0.15) is 18.7 Å². The Kier molecular flexibility index (Phi) is 5.35. The standard InChI is InChI=1S/C20H20N4O6S2/c1-12-21-19(23-30-12)14-7-18(31-10-14)32(26,27)24-6-2-3-13(9-24)20(25)22-15-4-5-16-17(8-15)29-11-28-16/h4-5,7-8,10,13H,2-3,6,9,11H2,1H3,(H,22,25)/t13-/m1/s1. The highest BCUT2D eigenvalue weighted by molar-refractivity contribution is 7.91. The molecule has 0 unspecified atom stereocenters. The number of amides is 1. The predicted octanol–water partition coefficient (Wildman–Crippen LogP) is 2.87. The number of aryl methyl sites for hydroxylation is 1. The molecule has 12 heteroatoms. The van der Waals surface area contributed by atoms with Crippen molar-refractivity contribution in [3.8, 4) is 22.9 Å². The molecule has 0 saturated carbocycles. The van der Waals surface area contributed by atoms with Gasteiger partial charge in [0.25, 0.3) is 10.0 Å². The van der Waals surface area contributed by atoms with Crippen LogP contribution in [0, 0.1) is 12.8 Å². The highest BCUT2D eigenvalue weighted by atomic mass is 32.2. The van der Waals surface area contributed by atoms with Crippen LogP contribution >= 0.6 is 11.3 Å². The number of sulfonamides is 1. The van der Waals surface area contributed by atoms with Crippen LogP contribution in [0.5, 0.6) is 11.5 Å². The Labute approximate surface area is 188 Å². The summed E-state index contributed by atoms with van der Waals surface area (Å²) in [6.07, 6.45) is 1.21. The van der Waals surface area contributed by atoms with Gasteiger partial charge in [-0.2, -0.15) is 9.29 Å². The van der Waals surface area contributed by atoms with E-state index in [2.05, 4.69) is 15.5 Å². The average Bonchev–Trinajstić information content (AvgIpc) is 3.54. The molecule has 2 aromatic heterocycles. The predicted molar refractivity (Wildman–Crippen MR) is 115 cm³/mol. The lowest BCUT2D eigenvalue weighted by Crippen LogP contribution is -2.43. The number of hydrogen-bond acceptors (Lipinski definition) is 9. The first-order valence-corrected chi connectivity index (χ1v) is 12.3. The lowest BCUT2D eigenvalue weighted by atomic mass is 9.98. The molecule has 1 saturated heterocycles. The monoisotopic (exact) mass is 476 g/mol. The van der Waals surface area contributed by atoms with Crippen LogP contribution in [-0.2, 0) is 14.8 Å². The third-order valence-electron chi connectivity index (χ3n) is 5.35. The van der Waals surface area contributed by atoms with Gasteiger partial charge in [-0.3, -0.25) is 4.79 Å². The van der Waals surface area contributed by atoms with E-state index < -0.39 is 15.9 Å². The molecular formula is C20H20N4O6S2. The second-order valence-electron chi connectivity index (χ2n) is 7.55. The lowest BCUT2D eigenvalue weighted by molar-refractivity contribution is -0.120. The van der Waals surface area contributed by atoms with E-state index in [1.54, 1.807) is 36.6 Å². The van der Waals surface area contributed by atoms with Crippen molar-refractivity contribution >= 4 is 33.0 Å². The maximum atomic E-state index is 13.2. The molecule has 0 bridgehead atoms. The number of hydrogen-bond donors (Lipinski definition) is 1. The fraction of sp³-hybridized carbons (Fsp3) is 0.350. The number of aromatic nitrogens is 2. The third kappa shape index (κ3) is 3.96. The summed E-state index contributed by atoms with van der Waals surface area (Å²) in [4.78, 5) is 17.0. The molecule has 1 amide bonds. The van der Waals surface area contributed by atoms with Gasteiger partial charge >= 0.3 is 0 Å². The van der Waals surface area contributed by atoms with Crippen LogP contribution in [0.25, 0.3) is 11.4 Å². The molecule has 1 N–H and O–H groups in total. The number of nitrogens with zero attached hydrogens (tertiary/aromatic N) is 3. The fourth-order valence-corrected chi connectivity index (χ4v) is 6.54. The van der Waals surface area contributed by atoms with Crippen molar-refractivity contribution in [3.05, 3.63) is 35.5 Å². The van der Waals surface area contributed by atoms with Crippen LogP contribution in [0.2, 0.25) is 0 Å². The number of carbonyl (C=O) groups is 1. The molecule has 1 atom stereocenters. The number of nitrogens with one attached hydrogen (secondary N) is 1. The summed E-state index contributed by atoms with van der Waals surface area (Å²) < 4.78 is 43.5. The molecule has 3 aromatic rings. The Hall–Kier alpha value is -2.96. The van der Waals surface area contributed by atoms with Crippen LogP contribution in [0.3, 0.4) is 0 Å². The number of fused-ring (bicyclic) bond motifs is 1. The molecule has 1 aromatic carbocycles. The minimum absolute atomic E-state index is 0.118. The van der Waals surface area contributed by atoms with Gasteiger partial charge in [0, 0.05) is 42.7 Å². The van der Waals surface area contributed by atoms with Crippen molar-refractivity contribution < 1.29 is 27.2 Å². The Morgan fingerprint density at radius 3 is 2.91 bits per heavy atom. The smallest absolute Gasteiger partial charge is 0.252 e. The summed E-state index contributed by atoms with van der Waals surface area (Å²) in [6.45, 7) is 2.31. The summed E-state index contributed by atoms with van der Waals surface area (Å²) in [5.74, 6) is 1.27. The number of rotatable bonds is 5.